The highest BCUT2D eigenvalue weighted by atomic mass is 35.5. The summed E-state index contributed by atoms with van der Waals surface area (Å²) in [5.74, 6) is -0.580. The number of hydrogen-bond donors (Lipinski definition) is 1. The van der Waals surface area contributed by atoms with Crippen LogP contribution in [0.1, 0.15) is 42.5 Å². The summed E-state index contributed by atoms with van der Waals surface area (Å²) in [4.78, 5) is 14.7. The molecule has 32 heavy (non-hydrogen) atoms. The van der Waals surface area contributed by atoms with Gasteiger partial charge in [-0.25, -0.2) is 12.8 Å². The van der Waals surface area contributed by atoms with Crippen LogP contribution in [0.4, 0.5) is 10.1 Å². The van der Waals surface area contributed by atoms with E-state index < -0.39 is 10.0 Å². The van der Waals surface area contributed by atoms with Gasteiger partial charge in [0.1, 0.15) is 10.7 Å². The lowest BCUT2D eigenvalue weighted by atomic mass is 9.95. The van der Waals surface area contributed by atoms with E-state index in [-0.39, 0.29) is 40.8 Å². The van der Waals surface area contributed by atoms with Crippen LogP contribution in [0.2, 0.25) is 5.02 Å². The Bertz CT molecular complexity index is 1060. The molecule has 0 spiro atoms. The zero-order valence-electron chi connectivity index (χ0n) is 17.8. The Morgan fingerprint density at radius 2 is 1.62 bits per heavy atom. The van der Waals surface area contributed by atoms with E-state index in [1.54, 1.807) is 18.2 Å². The lowest BCUT2D eigenvalue weighted by Gasteiger charge is -2.35. The first-order chi connectivity index (χ1) is 15.3. The van der Waals surface area contributed by atoms with Gasteiger partial charge < -0.3 is 10.2 Å². The molecule has 0 unspecified atom stereocenters. The molecule has 2 aromatic rings. The molecular formula is C23H27ClFN3O3S. The van der Waals surface area contributed by atoms with Crippen molar-refractivity contribution in [2.45, 2.75) is 43.0 Å². The number of benzene rings is 2. The Hall–Kier alpha value is -2.16. The standard InChI is InChI=1S/C23H27ClFN3O3S/c24-21-11-6-17(23(29)26-19-4-2-1-3-5-19)16-22(21)32(30,31)28-14-12-27(13-15-28)20-9-7-18(25)8-10-20/h6-11,16,19H,1-5,12-15H2,(H,26,29). The van der Waals surface area contributed by atoms with Crippen LogP contribution in [0.5, 0.6) is 0 Å². The topological polar surface area (TPSA) is 69.7 Å². The number of nitrogens with zero attached hydrogens (tertiary/aromatic N) is 2. The van der Waals surface area contributed by atoms with Crippen molar-refractivity contribution in [3.05, 3.63) is 58.9 Å². The third kappa shape index (κ3) is 5.08. The van der Waals surface area contributed by atoms with E-state index in [0.717, 1.165) is 31.4 Å². The monoisotopic (exact) mass is 479 g/mol. The first kappa shape index (κ1) is 23.0. The summed E-state index contributed by atoms with van der Waals surface area (Å²) in [6, 6.07) is 10.7. The van der Waals surface area contributed by atoms with Gasteiger partial charge in [0.25, 0.3) is 5.91 Å². The molecule has 172 valence electrons. The number of anilines is 1. The Morgan fingerprint density at radius 1 is 0.969 bits per heavy atom. The van der Waals surface area contributed by atoms with Crippen molar-refractivity contribution in [1.82, 2.24) is 9.62 Å². The first-order valence-corrected chi connectivity index (χ1v) is 12.8. The molecule has 1 aliphatic carbocycles. The fourth-order valence-electron chi connectivity index (χ4n) is 4.34. The fourth-order valence-corrected chi connectivity index (χ4v) is 6.26. The van der Waals surface area contributed by atoms with Crippen LogP contribution in [-0.4, -0.2) is 50.9 Å². The van der Waals surface area contributed by atoms with Crippen LogP contribution < -0.4 is 10.2 Å². The highest BCUT2D eigenvalue weighted by Crippen LogP contribution is 2.28. The van der Waals surface area contributed by atoms with E-state index in [0.29, 0.717) is 18.7 Å². The van der Waals surface area contributed by atoms with Gasteiger partial charge in [0, 0.05) is 43.5 Å². The molecule has 6 nitrogen and oxygen atoms in total. The van der Waals surface area contributed by atoms with Gasteiger partial charge >= 0.3 is 0 Å². The summed E-state index contributed by atoms with van der Waals surface area (Å²) >= 11 is 6.25. The second-order valence-electron chi connectivity index (χ2n) is 8.32. The third-order valence-electron chi connectivity index (χ3n) is 6.18. The average molecular weight is 480 g/mol. The van der Waals surface area contributed by atoms with Gasteiger partial charge in [-0.15, -0.1) is 0 Å². The molecule has 0 bridgehead atoms. The van der Waals surface area contributed by atoms with Gasteiger partial charge in [-0.3, -0.25) is 4.79 Å². The van der Waals surface area contributed by atoms with Gasteiger partial charge in [0.2, 0.25) is 10.0 Å². The van der Waals surface area contributed by atoms with Gasteiger partial charge in [0.05, 0.1) is 5.02 Å². The molecule has 0 aromatic heterocycles. The molecule has 9 heteroatoms. The number of halogens is 2. The van der Waals surface area contributed by atoms with Gasteiger partial charge in [-0.05, 0) is 55.3 Å². The first-order valence-electron chi connectivity index (χ1n) is 11.0. The number of piperazine rings is 1. The minimum atomic E-state index is -3.86. The third-order valence-corrected chi connectivity index (χ3v) is 8.56. The van der Waals surface area contributed by atoms with E-state index in [4.69, 9.17) is 11.6 Å². The van der Waals surface area contributed by atoms with E-state index in [9.17, 15) is 17.6 Å². The molecule has 1 N–H and O–H groups in total. The summed E-state index contributed by atoms with van der Waals surface area (Å²) in [6.07, 6.45) is 5.26. The molecule has 0 atom stereocenters. The molecule has 1 aliphatic heterocycles. The highest BCUT2D eigenvalue weighted by molar-refractivity contribution is 7.89. The molecule has 2 fully saturated rings. The number of nitrogens with one attached hydrogen (secondary N) is 1. The summed E-state index contributed by atoms with van der Waals surface area (Å²) in [6.45, 7) is 1.50. The number of amides is 1. The van der Waals surface area contributed by atoms with Gasteiger partial charge in [-0.1, -0.05) is 30.9 Å². The molecular weight excluding hydrogens is 453 g/mol. The maximum Gasteiger partial charge on any atom is 0.251 e. The SMILES string of the molecule is O=C(NC1CCCCC1)c1ccc(Cl)c(S(=O)(=O)N2CCN(c3ccc(F)cc3)CC2)c1. The number of carbonyl (C=O) groups is 1. The molecule has 1 saturated carbocycles. The Morgan fingerprint density at radius 3 is 2.28 bits per heavy atom. The molecule has 1 heterocycles. The molecule has 1 amide bonds. The summed E-state index contributed by atoms with van der Waals surface area (Å²) in [5.41, 5.74) is 1.14. The number of rotatable bonds is 5. The maximum absolute atomic E-state index is 13.3. The van der Waals surface area contributed by atoms with Crippen LogP contribution in [-0.2, 0) is 10.0 Å². The molecule has 2 aliphatic rings. The number of sulfonamides is 1. The van der Waals surface area contributed by atoms with Crippen molar-refractivity contribution < 1.29 is 17.6 Å². The summed E-state index contributed by atoms with van der Waals surface area (Å²) < 4.78 is 41.2. The second-order valence-corrected chi connectivity index (χ2v) is 10.6. The summed E-state index contributed by atoms with van der Waals surface area (Å²) in [5, 5.41) is 3.11. The van der Waals surface area contributed by atoms with Crippen LogP contribution in [0.15, 0.2) is 47.4 Å². The van der Waals surface area contributed by atoms with E-state index in [1.165, 1.54) is 35.0 Å². The van der Waals surface area contributed by atoms with Crippen molar-refractivity contribution in [2.24, 2.45) is 0 Å². The minimum Gasteiger partial charge on any atom is -0.369 e. The Balaban J connectivity index is 1.46. The van der Waals surface area contributed by atoms with Gasteiger partial charge in [-0.2, -0.15) is 4.31 Å². The van der Waals surface area contributed by atoms with Crippen LogP contribution in [0, 0.1) is 5.82 Å². The maximum atomic E-state index is 13.3. The highest BCUT2D eigenvalue weighted by Gasteiger charge is 2.31. The quantitative estimate of drug-likeness (QED) is 0.702. The lowest BCUT2D eigenvalue weighted by molar-refractivity contribution is 0.0927. The zero-order valence-corrected chi connectivity index (χ0v) is 19.3. The molecule has 2 aromatic carbocycles. The van der Waals surface area contributed by atoms with Crippen LogP contribution in [0.3, 0.4) is 0 Å². The van der Waals surface area contributed by atoms with Crippen molar-refractivity contribution in [1.29, 1.82) is 0 Å². The molecule has 4 rings (SSSR count). The van der Waals surface area contributed by atoms with Gasteiger partial charge in [0.15, 0.2) is 0 Å². The summed E-state index contributed by atoms with van der Waals surface area (Å²) in [7, 11) is -3.86. The number of carbonyl (C=O) groups excluding carboxylic acids is 1. The van der Waals surface area contributed by atoms with Crippen molar-refractivity contribution in [2.75, 3.05) is 31.1 Å². The van der Waals surface area contributed by atoms with E-state index >= 15 is 0 Å². The Labute approximate surface area is 193 Å². The van der Waals surface area contributed by atoms with Crippen molar-refractivity contribution in [3.8, 4) is 0 Å². The predicted molar refractivity (Wildman–Crippen MR) is 123 cm³/mol. The zero-order chi connectivity index (χ0) is 22.7. The van der Waals surface area contributed by atoms with Crippen molar-refractivity contribution >= 4 is 33.2 Å². The molecule has 1 saturated heterocycles. The predicted octanol–water partition coefficient (Wildman–Crippen LogP) is 4.05. The average Bonchev–Trinajstić information content (AvgIpc) is 2.80. The Kier molecular flexibility index (Phi) is 7.02. The lowest BCUT2D eigenvalue weighted by Crippen LogP contribution is -2.48. The van der Waals surface area contributed by atoms with E-state index in [1.807, 2.05) is 4.90 Å². The van der Waals surface area contributed by atoms with Crippen LogP contribution in [0.25, 0.3) is 0 Å². The normalized spacial score (nSPS) is 18.5. The number of hydrogen-bond acceptors (Lipinski definition) is 4. The fraction of sp³-hybridized carbons (Fsp3) is 0.435. The largest absolute Gasteiger partial charge is 0.369 e. The van der Waals surface area contributed by atoms with Crippen LogP contribution >= 0.6 is 11.6 Å². The van der Waals surface area contributed by atoms with Crippen molar-refractivity contribution in [3.63, 3.8) is 0 Å². The molecule has 0 radical (unpaired) electrons. The minimum absolute atomic E-state index is 0.0503. The second kappa shape index (κ2) is 9.77. The van der Waals surface area contributed by atoms with E-state index in [2.05, 4.69) is 5.32 Å². The smallest absolute Gasteiger partial charge is 0.251 e.